The Morgan fingerprint density at radius 3 is 2.50 bits per heavy atom. The van der Waals surface area contributed by atoms with Crippen LogP contribution in [0, 0.1) is 0 Å². The number of carbonyl (C=O) groups is 1. The highest BCUT2D eigenvalue weighted by atomic mass is 35.5. The number of hydrogen-bond acceptors (Lipinski definition) is 6. The molecule has 0 aliphatic heterocycles. The molecule has 0 aliphatic carbocycles. The molecule has 2 aromatic carbocycles. The summed E-state index contributed by atoms with van der Waals surface area (Å²) in [4.78, 5) is 22.8. The summed E-state index contributed by atoms with van der Waals surface area (Å²) in [5, 5.41) is 0.792. The van der Waals surface area contributed by atoms with Crippen LogP contribution in [0.1, 0.15) is 12.8 Å². The molecule has 162 valence electrons. The molecule has 0 radical (unpaired) electrons. The number of hydrogen-bond donors (Lipinski definition) is 0. The lowest BCUT2D eigenvalue weighted by molar-refractivity contribution is -0.118. The Morgan fingerprint density at radius 2 is 1.83 bits per heavy atom. The molecule has 3 aromatic rings. The molecule has 1 heterocycles. The van der Waals surface area contributed by atoms with Gasteiger partial charge in [-0.2, -0.15) is 0 Å². The smallest absolute Gasteiger partial charge is 0.228 e. The Kier molecular flexibility index (Phi) is 9.91. The zero-order valence-electron chi connectivity index (χ0n) is 17.5. The molecular weight excluding hydrogens is 438 g/mol. The lowest BCUT2D eigenvalue weighted by atomic mass is 10.3. The first-order chi connectivity index (χ1) is 14.1. The topological polar surface area (TPSA) is 45.7 Å². The van der Waals surface area contributed by atoms with E-state index in [2.05, 4.69) is 23.1 Å². The summed E-state index contributed by atoms with van der Waals surface area (Å²) in [5.41, 5.74) is 0.949. The van der Waals surface area contributed by atoms with Crippen molar-refractivity contribution in [2.24, 2.45) is 0 Å². The third kappa shape index (κ3) is 6.87. The normalized spacial score (nSPS) is 10.8. The summed E-state index contributed by atoms with van der Waals surface area (Å²) in [7, 11) is 5.71. The lowest BCUT2D eigenvalue weighted by Gasteiger charge is -2.22. The predicted molar refractivity (Wildman–Crippen MR) is 131 cm³/mol. The van der Waals surface area contributed by atoms with Crippen LogP contribution in [0.3, 0.4) is 0 Å². The third-order valence-electron chi connectivity index (χ3n) is 4.45. The summed E-state index contributed by atoms with van der Waals surface area (Å²) >= 11 is 3.35. The van der Waals surface area contributed by atoms with E-state index in [1.54, 1.807) is 30.2 Å². The van der Waals surface area contributed by atoms with Crippen molar-refractivity contribution < 1.29 is 9.53 Å². The fourth-order valence-corrected chi connectivity index (χ4v) is 4.68. The van der Waals surface area contributed by atoms with E-state index in [0.29, 0.717) is 13.0 Å². The molecule has 0 saturated carbocycles. The Hall–Kier alpha value is -1.80. The third-order valence-corrected chi connectivity index (χ3v) is 6.61. The highest BCUT2D eigenvalue weighted by Crippen LogP contribution is 2.29. The van der Waals surface area contributed by atoms with E-state index >= 15 is 0 Å². The number of rotatable bonds is 10. The van der Waals surface area contributed by atoms with Gasteiger partial charge in [-0.25, -0.2) is 4.98 Å². The molecule has 1 amide bonds. The maximum atomic E-state index is 13.0. The number of benzene rings is 2. The standard InChI is InChI=1S/C22H27N3O2S2.ClH/c1-24(2)14-15-25(22-23-19-7-4-5-8-20(19)29-22)21(26)9-6-16-28-18-12-10-17(27-3)11-13-18;/h4-5,7-8,10-13H,6,9,14-16H2,1-3H3;1H. The molecule has 0 spiro atoms. The number of halogens is 1. The van der Waals surface area contributed by atoms with Gasteiger partial charge in [0.05, 0.1) is 17.3 Å². The van der Waals surface area contributed by atoms with Crippen LogP contribution in [0.4, 0.5) is 5.13 Å². The van der Waals surface area contributed by atoms with Gasteiger partial charge in [0.2, 0.25) is 5.91 Å². The summed E-state index contributed by atoms with van der Waals surface area (Å²) in [6, 6.07) is 16.1. The maximum absolute atomic E-state index is 13.0. The van der Waals surface area contributed by atoms with Crippen LogP contribution >= 0.6 is 35.5 Å². The van der Waals surface area contributed by atoms with E-state index < -0.39 is 0 Å². The zero-order chi connectivity index (χ0) is 20.6. The van der Waals surface area contributed by atoms with Crippen LogP contribution in [-0.2, 0) is 4.79 Å². The Morgan fingerprint density at radius 1 is 1.10 bits per heavy atom. The number of nitrogens with zero attached hydrogens (tertiary/aromatic N) is 3. The van der Waals surface area contributed by atoms with Gasteiger partial charge in [0, 0.05) is 24.4 Å². The quantitative estimate of drug-likeness (QED) is 0.304. The lowest BCUT2D eigenvalue weighted by Crippen LogP contribution is -2.36. The number of methoxy groups -OCH3 is 1. The van der Waals surface area contributed by atoms with Crippen LogP contribution in [0.2, 0.25) is 0 Å². The van der Waals surface area contributed by atoms with Crippen LogP contribution in [0.25, 0.3) is 10.2 Å². The van der Waals surface area contributed by atoms with Gasteiger partial charge in [0.1, 0.15) is 5.75 Å². The number of thioether (sulfide) groups is 1. The van der Waals surface area contributed by atoms with Crippen LogP contribution in [0.15, 0.2) is 53.4 Å². The number of ether oxygens (including phenoxy) is 1. The molecule has 30 heavy (non-hydrogen) atoms. The van der Waals surface area contributed by atoms with Gasteiger partial charge >= 0.3 is 0 Å². The van der Waals surface area contributed by atoms with Gasteiger partial charge < -0.3 is 9.64 Å². The molecule has 0 unspecified atom stereocenters. The van der Waals surface area contributed by atoms with Crippen LogP contribution in [-0.4, -0.2) is 55.8 Å². The highest BCUT2D eigenvalue weighted by molar-refractivity contribution is 7.99. The van der Waals surface area contributed by atoms with E-state index in [0.717, 1.165) is 39.8 Å². The van der Waals surface area contributed by atoms with Crippen molar-refractivity contribution in [3.63, 3.8) is 0 Å². The minimum atomic E-state index is 0. The molecule has 3 rings (SSSR count). The average Bonchev–Trinajstić information content (AvgIpc) is 3.15. The van der Waals surface area contributed by atoms with Crippen molar-refractivity contribution in [1.29, 1.82) is 0 Å². The van der Waals surface area contributed by atoms with Crippen molar-refractivity contribution >= 4 is 56.8 Å². The molecule has 0 atom stereocenters. The van der Waals surface area contributed by atoms with E-state index in [4.69, 9.17) is 9.72 Å². The summed E-state index contributed by atoms with van der Waals surface area (Å²) in [5.74, 6) is 1.90. The van der Waals surface area contributed by atoms with Crippen LogP contribution < -0.4 is 9.64 Å². The second-order valence-corrected chi connectivity index (χ2v) is 9.12. The zero-order valence-corrected chi connectivity index (χ0v) is 20.0. The second kappa shape index (κ2) is 12.2. The van der Waals surface area contributed by atoms with E-state index in [1.165, 1.54) is 4.90 Å². The molecule has 5 nitrogen and oxygen atoms in total. The predicted octanol–water partition coefficient (Wildman–Crippen LogP) is 5.19. The van der Waals surface area contributed by atoms with Crippen molar-refractivity contribution in [2.45, 2.75) is 17.7 Å². The highest BCUT2D eigenvalue weighted by Gasteiger charge is 2.19. The monoisotopic (exact) mass is 465 g/mol. The maximum Gasteiger partial charge on any atom is 0.228 e. The molecular formula is C22H28ClN3O2S2. The number of likely N-dealkylation sites (N-methyl/N-ethyl adjacent to an activating group) is 1. The fourth-order valence-electron chi connectivity index (χ4n) is 2.82. The van der Waals surface area contributed by atoms with Gasteiger partial charge in [0.25, 0.3) is 0 Å². The molecule has 0 fully saturated rings. The first kappa shape index (κ1) is 24.5. The fraction of sp³-hybridized carbons (Fsp3) is 0.364. The number of para-hydroxylation sites is 1. The minimum Gasteiger partial charge on any atom is -0.497 e. The first-order valence-electron chi connectivity index (χ1n) is 9.64. The van der Waals surface area contributed by atoms with Gasteiger partial charge in [-0.1, -0.05) is 23.5 Å². The Bertz CT molecular complexity index is 899. The SMILES string of the molecule is COc1ccc(SCCCC(=O)N(CCN(C)C)c2nc3ccccc3s2)cc1.Cl. The van der Waals surface area contributed by atoms with Crippen molar-refractivity contribution in [1.82, 2.24) is 9.88 Å². The number of aromatic nitrogens is 1. The number of amides is 1. The van der Waals surface area contributed by atoms with Crippen molar-refractivity contribution in [3.8, 4) is 5.75 Å². The molecule has 0 bridgehead atoms. The second-order valence-electron chi connectivity index (χ2n) is 6.94. The molecule has 0 saturated heterocycles. The number of thiazole rings is 1. The minimum absolute atomic E-state index is 0. The van der Waals surface area contributed by atoms with Gasteiger partial charge in [-0.15, -0.1) is 24.2 Å². The van der Waals surface area contributed by atoms with Gasteiger partial charge in [-0.3, -0.25) is 9.69 Å². The van der Waals surface area contributed by atoms with E-state index in [9.17, 15) is 4.79 Å². The number of anilines is 1. The summed E-state index contributed by atoms with van der Waals surface area (Å²) in [6.07, 6.45) is 1.35. The van der Waals surface area contributed by atoms with Crippen molar-refractivity contribution in [3.05, 3.63) is 48.5 Å². The average molecular weight is 466 g/mol. The largest absolute Gasteiger partial charge is 0.497 e. The Labute approximate surface area is 192 Å². The van der Waals surface area contributed by atoms with E-state index in [-0.39, 0.29) is 18.3 Å². The van der Waals surface area contributed by atoms with Crippen molar-refractivity contribution in [2.75, 3.05) is 44.9 Å². The number of fused-ring (bicyclic) bond motifs is 1. The van der Waals surface area contributed by atoms with Gasteiger partial charge in [0.15, 0.2) is 5.13 Å². The Balaban J connectivity index is 0.00000320. The molecule has 0 N–H and O–H groups in total. The molecule has 0 aliphatic rings. The number of carbonyl (C=O) groups excluding carboxylic acids is 1. The summed E-state index contributed by atoms with van der Waals surface area (Å²) < 4.78 is 6.30. The summed E-state index contributed by atoms with van der Waals surface area (Å²) in [6.45, 7) is 1.46. The van der Waals surface area contributed by atoms with Crippen LogP contribution in [0.5, 0.6) is 5.75 Å². The molecule has 1 aromatic heterocycles. The molecule has 8 heteroatoms. The van der Waals surface area contributed by atoms with E-state index in [1.807, 2.05) is 49.3 Å². The van der Waals surface area contributed by atoms with Gasteiger partial charge in [-0.05, 0) is 62.7 Å². The first-order valence-corrected chi connectivity index (χ1v) is 11.4.